The molecule has 0 aromatic heterocycles. The van der Waals surface area contributed by atoms with Crippen molar-refractivity contribution in [2.45, 2.75) is 31.5 Å². The number of hydrogen-bond donors (Lipinski definition) is 2. The highest BCUT2D eigenvalue weighted by Crippen LogP contribution is 2.24. The Bertz CT molecular complexity index is 652. The highest BCUT2D eigenvalue weighted by molar-refractivity contribution is 7.99. The van der Waals surface area contributed by atoms with E-state index in [9.17, 15) is 14.4 Å². The second kappa shape index (κ2) is 7.44. The predicted molar refractivity (Wildman–Crippen MR) is 92.4 cm³/mol. The summed E-state index contributed by atoms with van der Waals surface area (Å²) >= 11 is 7.38. The van der Waals surface area contributed by atoms with Crippen LogP contribution in [0.3, 0.4) is 0 Å². The first-order valence-electron chi connectivity index (χ1n) is 7.74. The van der Waals surface area contributed by atoms with Crippen LogP contribution in [-0.2, 0) is 20.9 Å². The molecule has 2 atom stereocenters. The van der Waals surface area contributed by atoms with Gasteiger partial charge < -0.3 is 15.5 Å². The Labute approximate surface area is 149 Å². The van der Waals surface area contributed by atoms with Crippen molar-refractivity contribution in [3.63, 3.8) is 0 Å². The molecule has 0 spiro atoms. The fraction of sp³-hybridized carbons (Fsp3) is 0.438. The van der Waals surface area contributed by atoms with E-state index in [4.69, 9.17) is 11.6 Å². The van der Waals surface area contributed by atoms with Crippen LogP contribution in [-0.4, -0.2) is 46.3 Å². The Morgan fingerprint density at radius 2 is 2.08 bits per heavy atom. The van der Waals surface area contributed by atoms with Crippen LogP contribution in [0.25, 0.3) is 0 Å². The molecule has 2 saturated heterocycles. The number of halogens is 1. The highest BCUT2D eigenvalue weighted by atomic mass is 35.5. The van der Waals surface area contributed by atoms with E-state index in [1.165, 1.54) is 0 Å². The van der Waals surface area contributed by atoms with Crippen LogP contribution >= 0.6 is 23.4 Å². The normalized spacial score (nSPS) is 23.2. The van der Waals surface area contributed by atoms with Crippen molar-refractivity contribution in [2.24, 2.45) is 0 Å². The van der Waals surface area contributed by atoms with Gasteiger partial charge in [0.1, 0.15) is 12.1 Å². The van der Waals surface area contributed by atoms with Crippen molar-refractivity contribution in [1.82, 2.24) is 15.5 Å². The van der Waals surface area contributed by atoms with E-state index < -0.39 is 12.1 Å². The van der Waals surface area contributed by atoms with E-state index in [2.05, 4.69) is 10.6 Å². The number of hydrogen-bond acceptors (Lipinski definition) is 4. The average Bonchev–Trinajstić information content (AvgIpc) is 3.22. The second-order valence-electron chi connectivity index (χ2n) is 5.83. The Hall–Kier alpha value is -1.73. The molecule has 2 fully saturated rings. The zero-order valence-corrected chi connectivity index (χ0v) is 14.5. The molecule has 1 aromatic carbocycles. The Balaban J connectivity index is 1.58. The summed E-state index contributed by atoms with van der Waals surface area (Å²) in [5.41, 5.74) is 0.944. The quantitative estimate of drug-likeness (QED) is 0.836. The third-order valence-electron chi connectivity index (χ3n) is 4.14. The van der Waals surface area contributed by atoms with E-state index in [1.54, 1.807) is 28.8 Å². The van der Waals surface area contributed by atoms with Gasteiger partial charge in [-0.05, 0) is 24.1 Å². The minimum absolute atomic E-state index is 0.107. The number of thioether (sulfide) groups is 1. The van der Waals surface area contributed by atoms with Gasteiger partial charge in [0.25, 0.3) is 0 Å². The minimum Gasteiger partial charge on any atom is -0.350 e. The van der Waals surface area contributed by atoms with Gasteiger partial charge in [-0.2, -0.15) is 0 Å². The molecule has 0 bridgehead atoms. The van der Waals surface area contributed by atoms with Gasteiger partial charge >= 0.3 is 0 Å². The Morgan fingerprint density at radius 3 is 2.75 bits per heavy atom. The first kappa shape index (κ1) is 17.1. The fourth-order valence-electron chi connectivity index (χ4n) is 2.79. The standard InChI is InChI=1S/C16H18ClN3O3S/c17-11-3-1-10(2-4-11)7-18-15(22)13-8-24-9-20(13)16(23)12-5-6-14(21)19-12/h1-4,12-13H,5-9H2,(H,18,22)(H,19,21)/t12-,13+/m1/s1. The lowest BCUT2D eigenvalue weighted by molar-refractivity contribution is -0.139. The monoisotopic (exact) mass is 367 g/mol. The molecule has 1 aromatic rings. The zero-order valence-electron chi connectivity index (χ0n) is 13.0. The molecule has 0 radical (unpaired) electrons. The van der Waals surface area contributed by atoms with Gasteiger partial charge in [-0.1, -0.05) is 23.7 Å². The molecule has 8 heteroatoms. The molecule has 128 valence electrons. The maximum absolute atomic E-state index is 12.5. The van der Waals surface area contributed by atoms with Gasteiger partial charge in [-0.3, -0.25) is 14.4 Å². The third-order valence-corrected chi connectivity index (χ3v) is 5.41. The summed E-state index contributed by atoms with van der Waals surface area (Å²) in [7, 11) is 0. The van der Waals surface area contributed by atoms with Crippen molar-refractivity contribution in [2.75, 3.05) is 11.6 Å². The Morgan fingerprint density at radius 1 is 1.33 bits per heavy atom. The number of benzene rings is 1. The van der Waals surface area contributed by atoms with Gasteiger partial charge in [-0.15, -0.1) is 11.8 Å². The highest BCUT2D eigenvalue weighted by Gasteiger charge is 2.39. The summed E-state index contributed by atoms with van der Waals surface area (Å²) in [6.45, 7) is 0.388. The van der Waals surface area contributed by atoms with Crippen LogP contribution < -0.4 is 10.6 Å². The van der Waals surface area contributed by atoms with Crippen LogP contribution in [0.15, 0.2) is 24.3 Å². The SMILES string of the molecule is O=C1CC[C@H](C(=O)N2CSC[C@H]2C(=O)NCc2ccc(Cl)cc2)N1. The molecule has 6 nitrogen and oxygen atoms in total. The molecule has 0 saturated carbocycles. The molecule has 2 aliphatic rings. The topological polar surface area (TPSA) is 78.5 Å². The fourth-order valence-corrected chi connectivity index (χ4v) is 4.08. The molecule has 0 aliphatic carbocycles. The molecule has 0 unspecified atom stereocenters. The zero-order chi connectivity index (χ0) is 17.1. The number of nitrogens with zero attached hydrogens (tertiary/aromatic N) is 1. The van der Waals surface area contributed by atoms with Crippen molar-refractivity contribution >= 4 is 41.1 Å². The summed E-state index contributed by atoms with van der Waals surface area (Å²) in [4.78, 5) is 37.8. The maximum Gasteiger partial charge on any atom is 0.246 e. The number of rotatable bonds is 4. The maximum atomic E-state index is 12.5. The predicted octanol–water partition coefficient (Wildman–Crippen LogP) is 1.14. The number of carbonyl (C=O) groups excluding carboxylic acids is 3. The van der Waals surface area contributed by atoms with E-state index in [0.717, 1.165) is 5.56 Å². The number of carbonyl (C=O) groups is 3. The van der Waals surface area contributed by atoms with Crippen LogP contribution in [0.2, 0.25) is 5.02 Å². The van der Waals surface area contributed by atoms with E-state index in [-0.39, 0.29) is 17.7 Å². The van der Waals surface area contributed by atoms with Crippen molar-refractivity contribution < 1.29 is 14.4 Å². The lowest BCUT2D eigenvalue weighted by atomic mass is 10.1. The summed E-state index contributed by atoms with van der Waals surface area (Å²) in [6.07, 6.45) is 0.864. The lowest BCUT2D eigenvalue weighted by Gasteiger charge is -2.25. The molecular formula is C16H18ClN3O3S. The molecular weight excluding hydrogens is 350 g/mol. The number of amides is 3. The molecule has 2 N–H and O–H groups in total. The summed E-state index contributed by atoms with van der Waals surface area (Å²) < 4.78 is 0. The van der Waals surface area contributed by atoms with E-state index in [1.807, 2.05) is 12.1 Å². The largest absolute Gasteiger partial charge is 0.350 e. The minimum atomic E-state index is -0.497. The smallest absolute Gasteiger partial charge is 0.246 e. The molecule has 3 rings (SSSR count). The Kier molecular flexibility index (Phi) is 5.30. The second-order valence-corrected chi connectivity index (χ2v) is 7.26. The van der Waals surface area contributed by atoms with Gasteiger partial charge in [0.05, 0.1) is 5.88 Å². The van der Waals surface area contributed by atoms with Gasteiger partial charge in [0.15, 0.2) is 0 Å². The number of nitrogens with one attached hydrogen (secondary N) is 2. The summed E-state index contributed by atoms with van der Waals surface area (Å²) in [5.74, 6) is 0.595. The third kappa shape index (κ3) is 3.84. The molecule has 2 heterocycles. The van der Waals surface area contributed by atoms with Gasteiger partial charge in [0, 0.05) is 23.7 Å². The molecule has 3 amide bonds. The van der Waals surface area contributed by atoms with Crippen LogP contribution in [0.4, 0.5) is 0 Å². The van der Waals surface area contributed by atoms with Crippen molar-refractivity contribution in [3.05, 3.63) is 34.9 Å². The van der Waals surface area contributed by atoms with Crippen LogP contribution in [0, 0.1) is 0 Å². The summed E-state index contributed by atoms with van der Waals surface area (Å²) in [5, 5.41) is 6.18. The first-order valence-corrected chi connectivity index (χ1v) is 9.27. The van der Waals surface area contributed by atoms with E-state index >= 15 is 0 Å². The van der Waals surface area contributed by atoms with Gasteiger partial charge in [0.2, 0.25) is 17.7 Å². The average molecular weight is 368 g/mol. The molecule has 24 heavy (non-hydrogen) atoms. The van der Waals surface area contributed by atoms with Crippen molar-refractivity contribution in [3.8, 4) is 0 Å². The summed E-state index contributed by atoms with van der Waals surface area (Å²) in [6, 6.07) is 6.25. The lowest BCUT2D eigenvalue weighted by Crippen LogP contribution is -2.52. The van der Waals surface area contributed by atoms with E-state index in [0.29, 0.717) is 36.0 Å². The van der Waals surface area contributed by atoms with Crippen LogP contribution in [0.1, 0.15) is 18.4 Å². The molecule has 2 aliphatic heterocycles. The van der Waals surface area contributed by atoms with Crippen LogP contribution in [0.5, 0.6) is 0 Å². The first-order chi connectivity index (χ1) is 11.5. The van der Waals surface area contributed by atoms with Crippen molar-refractivity contribution in [1.29, 1.82) is 0 Å². The van der Waals surface area contributed by atoms with Gasteiger partial charge in [-0.25, -0.2) is 0 Å².